The minimum Gasteiger partial charge on any atom is -0.478 e. The maximum absolute atomic E-state index is 10.7. The summed E-state index contributed by atoms with van der Waals surface area (Å²) in [6.45, 7) is 1.31. The Kier molecular flexibility index (Phi) is 5.35. The molecule has 0 heterocycles. The van der Waals surface area contributed by atoms with Crippen molar-refractivity contribution in [2.75, 3.05) is 11.1 Å². The molecule has 75 valence electrons. The van der Waals surface area contributed by atoms with Crippen molar-refractivity contribution in [3.8, 4) is 0 Å². The smallest absolute Gasteiger partial charge is 0.337 e. The van der Waals surface area contributed by atoms with Crippen LogP contribution in [0, 0.1) is 0 Å². The quantitative estimate of drug-likeness (QED) is 0.498. The number of hydrogen-bond acceptors (Lipinski definition) is 3. The van der Waals surface area contributed by atoms with Gasteiger partial charge in [0.25, 0.3) is 0 Å². The monoisotopic (exact) mass is 217 g/mol. The van der Waals surface area contributed by atoms with Crippen LogP contribution in [0.25, 0.3) is 0 Å². The molecule has 1 radical (unpaired) electrons. The summed E-state index contributed by atoms with van der Waals surface area (Å²) in [5, 5.41) is 11.2. The molecular weight excluding hydrogens is 207 g/mol. The van der Waals surface area contributed by atoms with E-state index >= 15 is 0 Å². The average molecular weight is 217 g/mol. The molecule has 0 atom stereocenters. The zero-order valence-electron chi connectivity index (χ0n) is 8.57. The number of benzene rings is 1. The molecule has 0 fully saturated rings. The second-order valence-electron chi connectivity index (χ2n) is 2.79. The first kappa shape index (κ1) is 14.0. The van der Waals surface area contributed by atoms with Gasteiger partial charge in [-0.15, -0.1) is 0 Å². The minimum absolute atomic E-state index is 0. The molecule has 0 aliphatic heterocycles. The number of nitrogens with one attached hydrogen (secondary N) is 1. The number of anilines is 2. The standard InChI is InChI=1S/C9H10N2O3.Na/c1-5(12)11-8-3-2-6(10)4-7(8)9(13)14;/h2-4H,10H2,1H3,(H,11,12)(H,13,14);. The predicted octanol–water partition coefficient (Wildman–Crippen LogP) is 0.545. The van der Waals surface area contributed by atoms with Crippen LogP contribution in [0.2, 0.25) is 0 Å². The van der Waals surface area contributed by atoms with Crippen molar-refractivity contribution in [3.05, 3.63) is 23.8 Å². The molecule has 15 heavy (non-hydrogen) atoms. The molecule has 0 aromatic heterocycles. The van der Waals surface area contributed by atoms with Gasteiger partial charge in [-0.05, 0) is 18.2 Å². The summed E-state index contributed by atoms with van der Waals surface area (Å²) >= 11 is 0. The van der Waals surface area contributed by atoms with Gasteiger partial charge in [-0.3, -0.25) is 4.79 Å². The van der Waals surface area contributed by atoms with Crippen molar-refractivity contribution in [1.29, 1.82) is 0 Å². The summed E-state index contributed by atoms with van der Waals surface area (Å²) < 4.78 is 0. The third-order valence-electron chi connectivity index (χ3n) is 1.58. The number of carboxylic acids is 1. The molecule has 5 nitrogen and oxygen atoms in total. The zero-order valence-corrected chi connectivity index (χ0v) is 10.6. The van der Waals surface area contributed by atoms with Gasteiger partial charge in [-0.1, -0.05) is 0 Å². The molecule has 0 aliphatic carbocycles. The van der Waals surface area contributed by atoms with Gasteiger partial charge in [-0.2, -0.15) is 0 Å². The van der Waals surface area contributed by atoms with Crippen LogP contribution in [-0.4, -0.2) is 46.5 Å². The van der Waals surface area contributed by atoms with E-state index in [4.69, 9.17) is 10.8 Å². The number of carboxylic acid groups (broad SMARTS) is 1. The number of amides is 1. The molecule has 1 aromatic rings. The second-order valence-corrected chi connectivity index (χ2v) is 2.79. The molecule has 1 aromatic carbocycles. The summed E-state index contributed by atoms with van der Waals surface area (Å²) in [5.41, 5.74) is 6.00. The van der Waals surface area contributed by atoms with E-state index in [2.05, 4.69) is 5.32 Å². The van der Waals surface area contributed by atoms with Crippen molar-refractivity contribution in [2.45, 2.75) is 6.92 Å². The van der Waals surface area contributed by atoms with E-state index in [1.54, 1.807) is 0 Å². The van der Waals surface area contributed by atoms with Gasteiger partial charge in [0.05, 0.1) is 11.3 Å². The number of rotatable bonds is 2. The predicted molar refractivity (Wildman–Crippen MR) is 57.9 cm³/mol. The van der Waals surface area contributed by atoms with Crippen LogP contribution < -0.4 is 11.1 Å². The fourth-order valence-corrected chi connectivity index (χ4v) is 1.04. The summed E-state index contributed by atoms with van der Waals surface area (Å²) in [4.78, 5) is 21.5. The number of carbonyl (C=O) groups excluding carboxylic acids is 1. The first-order valence-corrected chi connectivity index (χ1v) is 3.91. The largest absolute Gasteiger partial charge is 0.478 e. The van der Waals surface area contributed by atoms with Crippen LogP contribution in [-0.2, 0) is 4.79 Å². The van der Waals surface area contributed by atoms with E-state index in [1.165, 1.54) is 25.1 Å². The van der Waals surface area contributed by atoms with Crippen molar-refractivity contribution >= 4 is 52.8 Å². The summed E-state index contributed by atoms with van der Waals surface area (Å²) in [7, 11) is 0. The first-order chi connectivity index (χ1) is 6.50. The van der Waals surface area contributed by atoms with Crippen molar-refractivity contribution < 1.29 is 14.7 Å². The maximum Gasteiger partial charge on any atom is 0.337 e. The van der Waals surface area contributed by atoms with Gasteiger partial charge in [-0.25, -0.2) is 4.79 Å². The minimum atomic E-state index is -1.12. The molecule has 0 saturated heterocycles. The fraction of sp³-hybridized carbons (Fsp3) is 0.111. The Morgan fingerprint density at radius 3 is 2.47 bits per heavy atom. The average Bonchev–Trinajstić information content (AvgIpc) is 2.07. The fourth-order valence-electron chi connectivity index (χ4n) is 1.04. The Hall–Kier alpha value is -1.04. The van der Waals surface area contributed by atoms with Crippen molar-refractivity contribution in [1.82, 2.24) is 0 Å². The van der Waals surface area contributed by atoms with E-state index in [0.717, 1.165) is 0 Å². The van der Waals surface area contributed by atoms with Gasteiger partial charge < -0.3 is 16.2 Å². The van der Waals surface area contributed by atoms with E-state index in [1.807, 2.05) is 0 Å². The number of hydrogen-bond donors (Lipinski definition) is 3. The molecule has 1 rings (SSSR count). The molecule has 6 heteroatoms. The Morgan fingerprint density at radius 1 is 1.40 bits per heavy atom. The molecule has 0 bridgehead atoms. The van der Waals surface area contributed by atoms with Gasteiger partial charge in [0.1, 0.15) is 0 Å². The molecule has 0 aliphatic rings. The van der Waals surface area contributed by atoms with Gasteiger partial charge in [0.2, 0.25) is 5.91 Å². The van der Waals surface area contributed by atoms with Gasteiger partial charge >= 0.3 is 5.97 Å². The Labute approximate surface area is 109 Å². The summed E-state index contributed by atoms with van der Waals surface area (Å²) in [6, 6.07) is 4.28. The van der Waals surface area contributed by atoms with E-state index < -0.39 is 5.97 Å². The molecule has 0 spiro atoms. The molecule has 0 saturated carbocycles. The van der Waals surface area contributed by atoms with Crippen LogP contribution in [0.4, 0.5) is 11.4 Å². The van der Waals surface area contributed by atoms with Crippen molar-refractivity contribution in [3.63, 3.8) is 0 Å². The number of aromatic carboxylic acids is 1. The van der Waals surface area contributed by atoms with Gasteiger partial charge in [0.15, 0.2) is 0 Å². The van der Waals surface area contributed by atoms with Crippen LogP contribution in [0.15, 0.2) is 18.2 Å². The SMILES string of the molecule is CC(=O)Nc1ccc(N)cc1C(=O)O.[Na]. The Morgan fingerprint density at radius 2 is 2.00 bits per heavy atom. The normalized spacial score (nSPS) is 8.87. The number of nitrogen functional groups attached to an aromatic ring is 1. The van der Waals surface area contributed by atoms with E-state index in [-0.39, 0.29) is 46.7 Å². The molecule has 0 unspecified atom stereocenters. The van der Waals surface area contributed by atoms with Crippen molar-refractivity contribution in [2.24, 2.45) is 0 Å². The summed E-state index contributed by atoms with van der Waals surface area (Å²) in [5.74, 6) is -1.45. The maximum atomic E-state index is 10.7. The van der Waals surface area contributed by atoms with Crippen LogP contribution in [0.3, 0.4) is 0 Å². The Bertz CT molecular complexity index is 393. The van der Waals surface area contributed by atoms with E-state index in [0.29, 0.717) is 5.69 Å². The first-order valence-electron chi connectivity index (χ1n) is 3.91. The third kappa shape index (κ3) is 3.91. The summed E-state index contributed by atoms with van der Waals surface area (Å²) in [6.07, 6.45) is 0. The number of carbonyl (C=O) groups is 2. The number of nitrogens with two attached hydrogens (primary N) is 1. The van der Waals surface area contributed by atoms with Crippen LogP contribution in [0.5, 0.6) is 0 Å². The second kappa shape index (κ2) is 5.75. The van der Waals surface area contributed by atoms with E-state index in [9.17, 15) is 9.59 Å². The third-order valence-corrected chi connectivity index (χ3v) is 1.58. The van der Waals surface area contributed by atoms with Gasteiger partial charge in [0, 0.05) is 42.2 Å². The molecule has 1 amide bonds. The molecular formula is C9H10N2NaO3. The van der Waals surface area contributed by atoms with Crippen LogP contribution in [0.1, 0.15) is 17.3 Å². The van der Waals surface area contributed by atoms with Crippen LogP contribution >= 0.6 is 0 Å². The topological polar surface area (TPSA) is 92.4 Å². The molecule has 4 N–H and O–H groups in total. The Balaban J connectivity index is 0.00000196. The zero-order chi connectivity index (χ0) is 10.7.